The molecular formula is C13H22O8. The summed E-state index contributed by atoms with van der Waals surface area (Å²) in [6, 6.07) is 0. The molecule has 0 aromatic carbocycles. The van der Waals surface area contributed by atoms with Gasteiger partial charge in [0.25, 0.3) is 5.78 Å². The molecule has 1 rings (SSSR count). The summed E-state index contributed by atoms with van der Waals surface area (Å²) < 4.78 is 15.1. The van der Waals surface area contributed by atoms with Gasteiger partial charge in [-0.05, 0) is 20.8 Å². The van der Waals surface area contributed by atoms with E-state index in [1.807, 2.05) is 20.8 Å². The van der Waals surface area contributed by atoms with Crippen molar-refractivity contribution < 1.29 is 39.1 Å². The number of hydrogen-bond donors (Lipinski definition) is 3. The molecule has 0 aromatic heterocycles. The van der Waals surface area contributed by atoms with Crippen LogP contribution in [-0.4, -0.2) is 76.9 Å². The molecule has 0 aromatic rings. The van der Waals surface area contributed by atoms with E-state index >= 15 is 0 Å². The fourth-order valence-corrected chi connectivity index (χ4v) is 1.67. The Kier molecular flexibility index (Phi) is 6.24. The normalized spacial score (nSPS) is 25.8. The molecule has 0 radical (unpaired) electrons. The van der Waals surface area contributed by atoms with Crippen LogP contribution in [0.3, 0.4) is 0 Å². The number of ketones is 1. The average molecular weight is 306 g/mol. The van der Waals surface area contributed by atoms with Crippen molar-refractivity contribution in [3.63, 3.8) is 0 Å². The van der Waals surface area contributed by atoms with Crippen LogP contribution in [0.5, 0.6) is 0 Å². The third-order valence-electron chi connectivity index (χ3n) is 2.74. The Bertz CT molecular complexity index is 375. The van der Waals surface area contributed by atoms with E-state index in [-0.39, 0.29) is 13.2 Å². The van der Waals surface area contributed by atoms with E-state index in [0.29, 0.717) is 0 Å². The Morgan fingerprint density at radius 2 is 1.86 bits per heavy atom. The van der Waals surface area contributed by atoms with Crippen molar-refractivity contribution in [3.05, 3.63) is 0 Å². The molecule has 3 N–H and O–H groups in total. The molecule has 8 nitrogen and oxygen atoms in total. The summed E-state index contributed by atoms with van der Waals surface area (Å²) in [5, 5.41) is 28.1. The fourth-order valence-electron chi connectivity index (χ4n) is 1.67. The van der Waals surface area contributed by atoms with E-state index in [1.165, 1.54) is 0 Å². The summed E-state index contributed by atoms with van der Waals surface area (Å²) >= 11 is 0. The summed E-state index contributed by atoms with van der Waals surface area (Å²) in [7, 11) is 0. The highest BCUT2D eigenvalue weighted by Crippen LogP contribution is 2.19. The van der Waals surface area contributed by atoms with Crippen LogP contribution in [0.1, 0.15) is 20.8 Å². The monoisotopic (exact) mass is 306 g/mol. The minimum absolute atomic E-state index is 0.00751. The third-order valence-corrected chi connectivity index (χ3v) is 2.74. The first-order chi connectivity index (χ1) is 9.65. The zero-order valence-electron chi connectivity index (χ0n) is 12.3. The number of aliphatic hydroxyl groups is 3. The number of cyclic esters (lactones) is 1. The van der Waals surface area contributed by atoms with Gasteiger partial charge in [-0.2, -0.15) is 0 Å². The number of ether oxygens (including phenoxy) is 3. The van der Waals surface area contributed by atoms with Gasteiger partial charge in [0.2, 0.25) is 0 Å². The van der Waals surface area contributed by atoms with Gasteiger partial charge in [0.15, 0.2) is 12.2 Å². The lowest BCUT2D eigenvalue weighted by molar-refractivity contribution is -0.152. The van der Waals surface area contributed by atoms with E-state index in [2.05, 4.69) is 4.74 Å². The summed E-state index contributed by atoms with van der Waals surface area (Å²) in [4.78, 5) is 22.7. The van der Waals surface area contributed by atoms with E-state index < -0.39 is 48.4 Å². The molecule has 8 heteroatoms. The molecule has 2 unspecified atom stereocenters. The zero-order chi connectivity index (χ0) is 16.2. The van der Waals surface area contributed by atoms with Crippen LogP contribution in [0.4, 0.5) is 0 Å². The molecule has 1 fully saturated rings. The summed E-state index contributed by atoms with van der Waals surface area (Å²) in [5.41, 5.74) is -0.432. The van der Waals surface area contributed by atoms with Crippen molar-refractivity contribution in [2.24, 2.45) is 0 Å². The van der Waals surface area contributed by atoms with Gasteiger partial charge >= 0.3 is 5.97 Å². The van der Waals surface area contributed by atoms with Crippen LogP contribution in [0.25, 0.3) is 0 Å². The maximum absolute atomic E-state index is 11.6. The van der Waals surface area contributed by atoms with Crippen LogP contribution in [0.15, 0.2) is 0 Å². The first-order valence-electron chi connectivity index (χ1n) is 6.63. The molecule has 1 aliphatic heterocycles. The van der Waals surface area contributed by atoms with Crippen LogP contribution in [-0.2, 0) is 23.8 Å². The second-order valence-corrected chi connectivity index (χ2v) is 5.82. The maximum atomic E-state index is 11.6. The largest absolute Gasteiger partial charge is 0.450 e. The topological polar surface area (TPSA) is 123 Å². The maximum Gasteiger partial charge on any atom is 0.378 e. The van der Waals surface area contributed by atoms with Crippen molar-refractivity contribution in [2.75, 3.05) is 19.8 Å². The van der Waals surface area contributed by atoms with Gasteiger partial charge in [0.05, 0.1) is 25.4 Å². The van der Waals surface area contributed by atoms with Crippen molar-refractivity contribution in [1.29, 1.82) is 0 Å². The second-order valence-electron chi connectivity index (χ2n) is 5.82. The predicted molar refractivity (Wildman–Crippen MR) is 69.4 cm³/mol. The van der Waals surface area contributed by atoms with E-state index in [1.54, 1.807) is 0 Å². The fraction of sp³-hybridized carbons (Fsp3) is 0.846. The van der Waals surface area contributed by atoms with Gasteiger partial charge in [-0.25, -0.2) is 4.79 Å². The molecule has 0 aliphatic carbocycles. The van der Waals surface area contributed by atoms with Gasteiger partial charge in [0, 0.05) is 0 Å². The first-order valence-corrected chi connectivity index (χ1v) is 6.63. The van der Waals surface area contributed by atoms with Gasteiger partial charge < -0.3 is 29.5 Å². The van der Waals surface area contributed by atoms with E-state index in [4.69, 9.17) is 14.6 Å². The second kappa shape index (κ2) is 7.28. The molecular weight excluding hydrogens is 284 g/mol. The highest BCUT2D eigenvalue weighted by molar-refractivity contribution is 6.37. The van der Waals surface area contributed by atoms with Crippen molar-refractivity contribution in [1.82, 2.24) is 0 Å². The standard InChI is InChI=1S/C13H22O8/c1-13(2,3)20-6-7(15)5-19-11-9(17)12(18)21-10(11)8(16)4-14/h7-8,10-11,14-16H,4-6H2,1-3H3/t7?,8-,10+,11?/m0/s1. The molecule has 0 spiro atoms. The number of esters is 1. The van der Waals surface area contributed by atoms with E-state index in [0.717, 1.165) is 0 Å². The molecule has 122 valence electrons. The molecule has 0 amide bonds. The number of Topliss-reactive ketones (excluding diaryl/α,β-unsaturated/α-hetero) is 1. The van der Waals surface area contributed by atoms with E-state index in [9.17, 15) is 19.8 Å². The van der Waals surface area contributed by atoms with Crippen molar-refractivity contribution >= 4 is 11.8 Å². The summed E-state index contributed by atoms with van der Waals surface area (Å²) in [6.45, 7) is 4.51. The average Bonchev–Trinajstić information content (AvgIpc) is 2.68. The highest BCUT2D eigenvalue weighted by atomic mass is 16.6. The molecule has 4 atom stereocenters. The molecule has 0 saturated carbocycles. The lowest BCUT2D eigenvalue weighted by atomic mass is 10.1. The Morgan fingerprint density at radius 3 is 2.38 bits per heavy atom. The van der Waals surface area contributed by atoms with Gasteiger partial charge in [-0.1, -0.05) is 0 Å². The van der Waals surface area contributed by atoms with Gasteiger partial charge in [0.1, 0.15) is 12.2 Å². The quantitative estimate of drug-likeness (QED) is 0.379. The molecule has 1 saturated heterocycles. The summed E-state index contributed by atoms with van der Waals surface area (Å²) in [5.74, 6) is -2.07. The third kappa shape index (κ3) is 5.33. The number of hydrogen-bond acceptors (Lipinski definition) is 8. The van der Waals surface area contributed by atoms with Gasteiger partial charge in [-0.3, -0.25) is 4.79 Å². The lowest BCUT2D eigenvalue weighted by Gasteiger charge is -2.24. The Hall–Kier alpha value is -1.06. The zero-order valence-corrected chi connectivity index (χ0v) is 12.3. The van der Waals surface area contributed by atoms with Crippen LogP contribution in [0, 0.1) is 0 Å². The lowest BCUT2D eigenvalue weighted by Crippen LogP contribution is -2.42. The smallest absolute Gasteiger partial charge is 0.378 e. The molecule has 0 bridgehead atoms. The Morgan fingerprint density at radius 1 is 1.24 bits per heavy atom. The predicted octanol–water partition coefficient (Wildman–Crippen LogP) is -1.60. The van der Waals surface area contributed by atoms with Crippen LogP contribution < -0.4 is 0 Å². The Balaban J connectivity index is 2.51. The number of carbonyl (C=O) groups excluding carboxylic acids is 2. The van der Waals surface area contributed by atoms with Crippen LogP contribution in [0.2, 0.25) is 0 Å². The highest BCUT2D eigenvalue weighted by Gasteiger charge is 2.48. The number of aliphatic hydroxyl groups excluding tert-OH is 3. The molecule has 1 heterocycles. The van der Waals surface area contributed by atoms with Crippen LogP contribution >= 0.6 is 0 Å². The Labute approximate surface area is 122 Å². The van der Waals surface area contributed by atoms with Crippen molar-refractivity contribution in [3.8, 4) is 0 Å². The number of carbonyl (C=O) groups is 2. The first kappa shape index (κ1) is 18.0. The summed E-state index contributed by atoms with van der Waals surface area (Å²) in [6.07, 6.45) is -5.04. The SMILES string of the molecule is CC(C)(C)OCC(O)COC1C(=O)C(=O)O[C@@H]1[C@@H](O)CO. The molecule has 21 heavy (non-hydrogen) atoms. The minimum Gasteiger partial charge on any atom is -0.450 e. The van der Waals surface area contributed by atoms with Crippen molar-refractivity contribution in [2.45, 2.75) is 50.8 Å². The minimum atomic E-state index is -1.42. The van der Waals surface area contributed by atoms with Gasteiger partial charge in [-0.15, -0.1) is 0 Å². The molecule has 1 aliphatic rings. The number of rotatable bonds is 7.